The van der Waals surface area contributed by atoms with Gasteiger partial charge in [-0.15, -0.1) is 5.10 Å². The first-order valence-electron chi connectivity index (χ1n) is 5.41. The first kappa shape index (κ1) is 13.9. The summed E-state index contributed by atoms with van der Waals surface area (Å²) in [7, 11) is -3.29. The van der Waals surface area contributed by atoms with Gasteiger partial charge in [-0.05, 0) is 30.3 Å². The zero-order valence-electron chi connectivity index (χ0n) is 10.3. The Morgan fingerprint density at radius 1 is 1.20 bits per heavy atom. The molecule has 0 aliphatic heterocycles. The average Bonchev–Trinajstić information content (AvgIpc) is 2.38. The highest BCUT2D eigenvalue weighted by molar-refractivity contribution is 7.90. The summed E-state index contributed by atoms with van der Waals surface area (Å²) in [5.74, 6) is -1.09. The normalized spacial score (nSPS) is 11.1. The van der Waals surface area contributed by atoms with Gasteiger partial charge in [-0.1, -0.05) is 0 Å². The molecule has 1 N–H and O–H groups in total. The van der Waals surface area contributed by atoms with Crippen LogP contribution in [0.2, 0.25) is 0 Å². The Labute approximate surface area is 114 Å². The van der Waals surface area contributed by atoms with Crippen molar-refractivity contribution in [1.82, 2.24) is 10.2 Å². The minimum absolute atomic E-state index is 0.132. The summed E-state index contributed by atoms with van der Waals surface area (Å²) in [6.07, 6.45) is 2.33. The molecule has 2 rings (SSSR count). The predicted octanol–water partition coefficient (Wildman–Crippen LogP) is 1.37. The molecule has 8 heteroatoms. The van der Waals surface area contributed by atoms with E-state index in [1.54, 1.807) is 0 Å². The van der Waals surface area contributed by atoms with Crippen molar-refractivity contribution in [2.75, 3.05) is 6.26 Å². The van der Waals surface area contributed by atoms with Gasteiger partial charge < -0.3 is 9.84 Å². The Kier molecular flexibility index (Phi) is 3.66. The monoisotopic (exact) mass is 294 g/mol. The number of ether oxygens (including phenoxy) is 1. The van der Waals surface area contributed by atoms with Crippen LogP contribution in [-0.4, -0.2) is 35.9 Å². The van der Waals surface area contributed by atoms with Crippen molar-refractivity contribution in [3.63, 3.8) is 0 Å². The lowest BCUT2D eigenvalue weighted by Gasteiger charge is -2.06. The fourth-order valence-corrected chi connectivity index (χ4v) is 2.05. The third-order valence-corrected chi connectivity index (χ3v) is 3.51. The topological polar surface area (TPSA) is 106 Å². The summed E-state index contributed by atoms with van der Waals surface area (Å²) < 4.78 is 27.9. The maximum absolute atomic E-state index is 11.3. The average molecular weight is 294 g/mol. The molecule has 0 unspecified atom stereocenters. The van der Waals surface area contributed by atoms with E-state index < -0.39 is 15.8 Å². The molecule has 0 fully saturated rings. The smallest absolute Gasteiger partial charge is 0.341 e. The Bertz CT molecular complexity index is 741. The van der Waals surface area contributed by atoms with Gasteiger partial charge in [0, 0.05) is 6.26 Å². The Morgan fingerprint density at radius 3 is 2.40 bits per heavy atom. The van der Waals surface area contributed by atoms with Crippen LogP contribution in [0.15, 0.2) is 41.4 Å². The van der Waals surface area contributed by atoms with E-state index in [4.69, 9.17) is 9.84 Å². The lowest BCUT2D eigenvalue weighted by atomic mass is 10.3. The van der Waals surface area contributed by atoms with E-state index in [-0.39, 0.29) is 22.1 Å². The summed E-state index contributed by atoms with van der Waals surface area (Å²) >= 11 is 0. The second kappa shape index (κ2) is 5.25. The van der Waals surface area contributed by atoms with Gasteiger partial charge in [0.1, 0.15) is 11.3 Å². The number of aromatic nitrogens is 2. The van der Waals surface area contributed by atoms with Gasteiger partial charge in [0.2, 0.25) is 0 Å². The van der Waals surface area contributed by atoms with Crippen LogP contribution >= 0.6 is 0 Å². The molecule has 0 atom stereocenters. The van der Waals surface area contributed by atoms with Crippen molar-refractivity contribution < 1.29 is 23.1 Å². The Hall–Kier alpha value is -2.48. The highest BCUT2D eigenvalue weighted by Gasteiger charge is 2.14. The fourth-order valence-electron chi connectivity index (χ4n) is 1.42. The van der Waals surface area contributed by atoms with Crippen LogP contribution in [0.5, 0.6) is 11.6 Å². The van der Waals surface area contributed by atoms with E-state index in [0.717, 1.165) is 6.26 Å². The van der Waals surface area contributed by atoms with Gasteiger partial charge in [-0.2, -0.15) is 5.10 Å². The van der Waals surface area contributed by atoms with E-state index in [0.29, 0.717) is 0 Å². The van der Waals surface area contributed by atoms with Crippen LogP contribution in [0.25, 0.3) is 0 Å². The van der Waals surface area contributed by atoms with Gasteiger partial charge in [-0.25, -0.2) is 13.2 Å². The number of rotatable bonds is 4. The first-order valence-corrected chi connectivity index (χ1v) is 7.30. The third kappa shape index (κ3) is 3.09. The zero-order valence-corrected chi connectivity index (χ0v) is 11.2. The molecule has 104 valence electrons. The molecule has 1 heterocycles. The van der Waals surface area contributed by atoms with Gasteiger partial charge in [-0.3, -0.25) is 0 Å². The second-order valence-corrected chi connectivity index (χ2v) is 5.92. The second-order valence-electron chi connectivity index (χ2n) is 3.90. The molecule has 0 spiro atoms. The Morgan fingerprint density at radius 2 is 1.85 bits per heavy atom. The summed E-state index contributed by atoms with van der Waals surface area (Å²) in [6, 6.07) is 6.81. The molecular weight excluding hydrogens is 284 g/mol. The van der Waals surface area contributed by atoms with Crippen LogP contribution in [0, 0.1) is 0 Å². The van der Waals surface area contributed by atoms with Crippen LogP contribution in [0.4, 0.5) is 0 Å². The largest absolute Gasteiger partial charge is 0.477 e. The van der Waals surface area contributed by atoms with E-state index in [9.17, 15) is 13.2 Å². The molecule has 1 aromatic carbocycles. The van der Waals surface area contributed by atoms with Crippen LogP contribution in [-0.2, 0) is 9.84 Å². The standard InChI is InChI=1S/C12H10N2O5S/c1-20(17,18)9-4-2-8(3-5-9)19-11-10(12(15)16)6-7-13-14-11/h2-7H,1H3,(H,15,16). The predicted molar refractivity (Wildman–Crippen MR) is 68.6 cm³/mol. The Balaban J connectivity index is 2.30. The van der Waals surface area contributed by atoms with Crippen molar-refractivity contribution in [1.29, 1.82) is 0 Å². The number of hydrogen-bond donors (Lipinski definition) is 1. The van der Waals surface area contributed by atoms with Gasteiger partial charge in [0.15, 0.2) is 9.84 Å². The molecule has 0 aliphatic rings. The molecule has 2 aromatic rings. The summed E-state index contributed by atoms with van der Waals surface area (Å²) in [5, 5.41) is 16.1. The number of hydrogen-bond acceptors (Lipinski definition) is 6. The third-order valence-electron chi connectivity index (χ3n) is 2.38. The number of carboxylic acid groups (broad SMARTS) is 1. The maximum atomic E-state index is 11.3. The maximum Gasteiger partial charge on any atom is 0.341 e. The summed E-state index contributed by atoms with van der Waals surface area (Å²) in [5.41, 5.74) is -0.132. The molecule has 1 aromatic heterocycles. The van der Waals surface area contributed by atoms with E-state index in [1.165, 1.54) is 36.5 Å². The lowest BCUT2D eigenvalue weighted by Crippen LogP contribution is -2.03. The summed E-state index contributed by atoms with van der Waals surface area (Å²) in [6.45, 7) is 0. The van der Waals surface area contributed by atoms with E-state index >= 15 is 0 Å². The van der Waals surface area contributed by atoms with Crippen LogP contribution in [0.1, 0.15) is 10.4 Å². The van der Waals surface area contributed by atoms with Crippen LogP contribution in [0.3, 0.4) is 0 Å². The van der Waals surface area contributed by atoms with E-state index in [2.05, 4.69) is 10.2 Å². The highest BCUT2D eigenvalue weighted by atomic mass is 32.2. The number of carboxylic acids is 1. The molecule has 0 saturated heterocycles. The zero-order chi connectivity index (χ0) is 14.8. The number of benzene rings is 1. The molecule has 0 radical (unpaired) electrons. The molecule has 0 aliphatic carbocycles. The van der Waals surface area contributed by atoms with Crippen molar-refractivity contribution in [3.05, 3.63) is 42.1 Å². The van der Waals surface area contributed by atoms with Gasteiger partial charge in [0.25, 0.3) is 5.88 Å². The van der Waals surface area contributed by atoms with Gasteiger partial charge in [0.05, 0.1) is 11.1 Å². The first-order chi connectivity index (χ1) is 9.38. The number of aromatic carboxylic acids is 1. The van der Waals surface area contributed by atoms with Gasteiger partial charge >= 0.3 is 5.97 Å². The van der Waals surface area contributed by atoms with Crippen LogP contribution < -0.4 is 4.74 Å². The molecule has 0 saturated carbocycles. The molecule has 20 heavy (non-hydrogen) atoms. The molecular formula is C12H10N2O5S. The van der Waals surface area contributed by atoms with Crippen molar-refractivity contribution in [2.45, 2.75) is 4.90 Å². The number of nitrogens with zero attached hydrogens (tertiary/aromatic N) is 2. The van der Waals surface area contributed by atoms with Crippen molar-refractivity contribution >= 4 is 15.8 Å². The summed E-state index contributed by atoms with van der Waals surface area (Å²) in [4.78, 5) is 11.1. The quantitative estimate of drug-likeness (QED) is 0.907. The molecule has 0 amide bonds. The number of carbonyl (C=O) groups is 1. The fraction of sp³-hybridized carbons (Fsp3) is 0.0833. The minimum Gasteiger partial charge on any atom is -0.477 e. The number of sulfone groups is 1. The molecule has 7 nitrogen and oxygen atoms in total. The SMILES string of the molecule is CS(=O)(=O)c1ccc(Oc2nnccc2C(=O)O)cc1. The highest BCUT2D eigenvalue weighted by Crippen LogP contribution is 2.23. The van der Waals surface area contributed by atoms with Crippen molar-refractivity contribution in [2.24, 2.45) is 0 Å². The minimum atomic E-state index is -3.29. The van der Waals surface area contributed by atoms with Crippen molar-refractivity contribution in [3.8, 4) is 11.6 Å². The lowest BCUT2D eigenvalue weighted by molar-refractivity contribution is 0.0693. The van der Waals surface area contributed by atoms with E-state index in [1.807, 2.05) is 0 Å². The molecule has 0 bridgehead atoms.